The van der Waals surface area contributed by atoms with Crippen LogP contribution in [0.25, 0.3) is 0 Å². The highest BCUT2D eigenvalue weighted by atomic mass is 32.2. The number of ether oxygens (including phenoxy) is 1. The molecule has 0 fully saturated rings. The van der Waals surface area contributed by atoms with Crippen LogP contribution in [-0.2, 0) is 19.6 Å². The molecule has 0 unspecified atom stereocenters. The Morgan fingerprint density at radius 1 is 1.50 bits per heavy atom. The van der Waals surface area contributed by atoms with Crippen LogP contribution < -0.4 is 4.72 Å². The molecule has 0 aromatic heterocycles. The molecule has 2 N–H and O–H groups in total. The van der Waals surface area contributed by atoms with Crippen molar-refractivity contribution in [1.29, 1.82) is 0 Å². The Balaban J connectivity index is 2.76. The average Bonchev–Trinajstić information content (AvgIpc) is 2.22. The van der Waals surface area contributed by atoms with E-state index in [9.17, 15) is 17.6 Å². The van der Waals surface area contributed by atoms with Crippen molar-refractivity contribution in [2.75, 3.05) is 17.1 Å². The molecule has 1 rings (SSSR count). The molecule has 100 valence electrons. The van der Waals surface area contributed by atoms with Gasteiger partial charge in [0.25, 0.3) is 0 Å². The summed E-state index contributed by atoms with van der Waals surface area (Å²) in [7, 11) is -3.96. The van der Waals surface area contributed by atoms with Gasteiger partial charge in [0, 0.05) is 6.07 Å². The highest BCUT2D eigenvalue weighted by Gasteiger charge is 2.17. The van der Waals surface area contributed by atoms with Gasteiger partial charge in [0.05, 0.1) is 12.3 Å². The number of carbonyl (C=O) groups excluding carboxylic acids is 1. The average molecular weight is 277 g/mol. The Morgan fingerprint density at radius 3 is 2.72 bits per heavy atom. The minimum Gasteiger partial charge on any atom is -0.505 e. The summed E-state index contributed by atoms with van der Waals surface area (Å²) in [6.45, 7) is 1.62. The molecule has 6 nitrogen and oxygen atoms in total. The summed E-state index contributed by atoms with van der Waals surface area (Å²) in [5.41, 5.74) is -0.0883. The maximum Gasteiger partial charge on any atom is 0.323 e. The monoisotopic (exact) mass is 277 g/mol. The number of benzene rings is 1. The zero-order chi connectivity index (χ0) is 13.8. The van der Waals surface area contributed by atoms with Gasteiger partial charge in [-0.15, -0.1) is 0 Å². The molecule has 0 aliphatic heterocycles. The number of aromatic hydroxyl groups is 1. The molecule has 1 aromatic carbocycles. The minimum absolute atomic E-state index is 0.0716. The van der Waals surface area contributed by atoms with Crippen molar-refractivity contribution in [3.8, 4) is 5.75 Å². The zero-order valence-corrected chi connectivity index (χ0v) is 10.3. The van der Waals surface area contributed by atoms with Crippen molar-refractivity contribution < 1.29 is 27.4 Å². The molecule has 0 spiro atoms. The third-order valence-corrected chi connectivity index (χ3v) is 3.00. The van der Waals surface area contributed by atoms with Crippen LogP contribution in [0.2, 0.25) is 0 Å². The Hall–Kier alpha value is -1.83. The van der Waals surface area contributed by atoms with E-state index < -0.39 is 33.3 Å². The van der Waals surface area contributed by atoms with Crippen LogP contribution in [0, 0.1) is 5.82 Å². The van der Waals surface area contributed by atoms with E-state index in [1.807, 2.05) is 4.72 Å². The van der Waals surface area contributed by atoms with E-state index >= 15 is 0 Å². The van der Waals surface area contributed by atoms with Gasteiger partial charge in [-0.05, 0) is 19.1 Å². The fourth-order valence-corrected chi connectivity index (χ4v) is 2.10. The molecule has 0 bridgehead atoms. The number of hydrogen-bond acceptors (Lipinski definition) is 5. The van der Waals surface area contributed by atoms with E-state index in [2.05, 4.69) is 4.74 Å². The predicted octanol–water partition coefficient (Wildman–Crippen LogP) is 0.836. The number of carbonyl (C=O) groups is 1. The molecule has 0 aliphatic rings. The second-order valence-corrected chi connectivity index (χ2v) is 5.05. The maximum absolute atomic E-state index is 13.0. The molecule has 0 saturated heterocycles. The van der Waals surface area contributed by atoms with E-state index in [1.165, 1.54) is 6.07 Å². The predicted molar refractivity (Wildman–Crippen MR) is 62.1 cm³/mol. The molecule has 8 heteroatoms. The number of phenols is 1. The summed E-state index contributed by atoms with van der Waals surface area (Å²) < 4.78 is 42.4. The number of nitrogens with one attached hydrogen (secondary N) is 1. The number of sulfonamides is 1. The van der Waals surface area contributed by atoms with Gasteiger partial charge >= 0.3 is 5.97 Å². The Labute approximate surface area is 103 Å². The number of halogens is 1. The topological polar surface area (TPSA) is 92.7 Å². The van der Waals surface area contributed by atoms with E-state index in [0.29, 0.717) is 0 Å². The molecule has 18 heavy (non-hydrogen) atoms. The van der Waals surface area contributed by atoms with Crippen molar-refractivity contribution in [2.24, 2.45) is 0 Å². The van der Waals surface area contributed by atoms with Gasteiger partial charge in [-0.1, -0.05) is 0 Å². The van der Waals surface area contributed by atoms with Crippen LogP contribution >= 0.6 is 0 Å². The third kappa shape index (κ3) is 4.21. The molecule has 0 aliphatic carbocycles. The minimum atomic E-state index is -3.96. The fourth-order valence-electron chi connectivity index (χ4n) is 1.14. The molecule has 0 radical (unpaired) electrons. The van der Waals surface area contributed by atoms with Gasteiger partial charge in [-0.2, -0.15) is 0 Å². The number of esters is 1. The first kappa shape index (κ1) is 14.2. The van der Waals surface area contributed by atoms with Gasteiger partial charge in [0.2, 0.25) is 10.0 Å². The van der Waals surface area contributed by atoms with E-state index in [-0.39, 0.29) is 12.3 Å². The molecular weight excluding hydrogens is 265 g/mol. The Bertz CT molecular complexity index is 543. The summed E-state index contributed by atoms with van der Waals surface area (Å²) in [5, 5.41) is 8.93. The lowest BCUT2D eigenvalue weighted by atomic mass is 10.3. The second-order valence-electron chi connectivity index (χ2n) is 3.33. The second kappa shape index (κ2) is 5.67. The van der Waals surface area contributed by atoms with E-state index in [1.54, 1.807) is 6.92 Å². The van der Waals surface area contributed by atoms with E-state index in [4.69, 9.17) is 5.11 Å². The lowest BCUT2D eigenvalue weighted by Gasteiger charge is -2.08. The fraction of sp³-hybridized carbons (Fsp3) is 0.300. The molecule has 0 amide bonds. The normalized spacial score (nSPS) is 11.0. The van der Waals surface area contributed by atoms with Crippen LogP contribution in [0.5, 0.6) is 5.75 Å². The molecule has 0 heterocycles. The lowest BCUT2D eigenvalue weighted by Crippen LogP contribution is -2.24. The van der Waals surface area contributed by atoms with Crippen LogP contribution in [-0.4, -0.2) is 31.9 Å². The highest BCUT2D eigenvalue weighted by molar-refractivity contribution is 7.93. The van der Waals surface area contributed by atoms with Crippen LogP contribution in [0.4, 0.5) is 10.1 Å². The van der Waals surface area contributed by atoms with Gasteiger partial charge in [-0.3, -0.25) is 9.52 Å². The number of anilines is 1. The summed E-state index contributed by atoms with van der Waals surface area (Å²) in [5.74, 6) is -3.32. The quantitative estimate of drug-likeness (QED) is 0.614. The SMILES string of the molecule is CCOC(=O)CS(=O)(=O)Nc1ccc(O)c(F)c1. The lowest BCUT2D eigenvalue weighted by molar-refractivity contribution is -0.139. The van der Waals surface area contributed by atoms with E-state index in [0.717, 1.165) is 12.1 Å². The van der Waals surface area contributed by atoms with Crippen LogP contribution in [0.1, 0.15) is 6.92 Å². The summed E-state index contributed by atoms with van der Waals surface area (Å²) >= 11 is 0. The molecule has 1 aromatic rings. The first-order chi connectivity index (χ1) is 8.34. The van der Waals surface area contributed by atoms with Gasteiger partial charge in [-0.25, -0.2) is 12.8 Å². The van der Waals surface area contributed by atoms with Gasteiger partial charge in [0.15, 0.2) is 17.3 Å². The zero-order valence-electron chi connectivity index (χ0n) is 9.51. The maximum atomic E-state index is 13.0. The van der Waals surface area contributed by atoms with Crippen LogP contribution in [0.3, 0.4) is 0 Å². The summed E-state index contributed by atoms with van der Waals surface area (Å²) in [4.78, 5) is 11.0. The Morgan fingerprint density at radius 2 is 2.17 bits per heavy atom. The molecular formula is C10H12FNO5S. The summed E-state index contributed by atoms with van der Waals surface area (Å²) in [6, 6.07) is 2.97. The van der Waals surface area contributed by atoms with Crippen molar-refractivity contribution in [2.45, 2.75) is 6.92 Å². The third-order valence-electron chi connectivity index (χ3n) is 1.83. The first-order valence-corrected chi connectivity index (χ1v) is 6.64. The van der Waals surface area contributed by atoms with Crippen molar-refractivity contribution in [1.82, 2.24) is 0 Å². The first-order valence-electron chi connectivity index (χ1n) is 4.98. The molecule has 0 saturated carbocycles. The van der Waals surface area contributed by atoms with Crippen LogP contribution in [0.15, 0.2) is 18.2 Å². The smallest absolute Gasteiger partial charge is 0.323 e. The van der Waals surface area contributed by atoms with Crippen molar-refractivity contribution in [3.05, 3.63) is 24.0 Å². The Kier molecular flexibility index (Phi) is 4.49. The largest absolute Gasteiger partial charge is 0.505 e. The summed E-state index contributed by atoms with van der Waals surface area (Å²) in [6.07, 6.45) is 0. The number of rotatable bonds is 5. The van der Waals surface area contributed by atoms with Gasteiger partial charge < -0.3 is 9.84 Å². The van der Waals surface area contributed by atoms with Gasteiger partial charge in [0.1, 0.15) is 0 Å². The highest BCUT2D eigenvalue weighted by Crippen LogP contribution is 2.20. The number of hydrogen-bond donors (Lipinski definition) is 2. The standard InChI is InChI=1S/C10H12FNO5S/c1-2-17-10(14)6-18(15,16)12-7-3-4-9(13)8(11)5-7/h3-5,12-13H,2,6H2,1H3. The number of phenolic OH excluding ortho intramolecular Hbond substituents is 1. The van der Waals surface area contributed by atoms with Crippen molar-refractivity contribution in [3.63, 3.8) is 0 Å². The molecule has 0 atom stereocenters. The van der Waals surface area contributed by atoms with Crippen molar-refractivity contribution >= 4 is 21.7 Å².